The van der Waals surface area contributed by atoms with E-state index in [4.69, 9.17) is 4.74 Å². The van der Waals surface area contributed by atoms with Gasteiger partial charge in [-0.1, -0.05) is 0 Å². The van der Waals surface area contributed by atoms with E-state index in [9.17, 15) is 44.7 Å². The number of carbonyl (C=O) groups is 4. The largest absolute Gasteiger partial charge is 0.394 e. The summed E-state index contributed by atoms with van der Waals surface area (Å²) in [4.78, 5) is 47.9. The zero-order valence-electron chi connectivity index (χ0n) is 13.6. The molecule has 10 heteroatoms. The first-order valence-corrected chi connectivity index (χ1v) is 6.91. The van der Waals surface area contributed by atoms with Crippen molar-refractivity contribution in [3.63, 3.8) is 0 Å². The third-order valence-electron chi connectivity index (χ3n) is 4.54. The maximum Gasteiger partial charge on any atom is 0.267 e. The number of carbonyl (C=O) groups excluding carboxylic acids is 4. The molecule has 24 heavy (non-hydrogen) atoms. The van der Waals surface area contributed by atoms with Gasteiger partial charge >= 0.3 is 0 Å². The van der Waals surface area contributed by atoms with Crippen molar-refractivity contribution in [2.75, 3.05) is 6.61 Å². The summed E-state index contributed by atoms with van der Waals surface area (Å²) in [5.74, 6) is -9.25. The van der Waals surface area contributed by atoms with Gasteiger partial charge in [0.25, 0.3) is 5.79 Å². The van der Waals surface area contributed by atoms with Gasteiger partial charge in [-0.05, 0) is 20.8 Å². The molecule has 1 saturated heterocycles. The number of hydrogen-bond acceptors (Lipinski definition) is 10. The van der Waals surface area contributed by atoms with Gasteiger partial charge < -0.3 is 30.3 Å². The molecule has 136 valence electrons. The first kappa shape index (κ1) is 20.5. The molecule has 1 heterocycles. The van der Waals surface area contributed by atoms with Crippen LogP contribution < -0.4 is 0 Å². The third kappa shape index (κ3) is 1.98. The average molecular weight is 348 g/mol. The van der Waals surface area contributed by atoms with Crippen molar-refractivity contribution in [2.24, 2.45) is 0 Å². The Morgan fingerprint density at radius 2 is 1.21 bits per heavy atom. The van der Waals surface area contributed by atoms with E-state index in [0.29, 0.717) is 27.7 Å². The summed E-state index contributed by atoms with van der Waals surface area (Å²) in [6.45, 7) is 1.40. The summed E-state index contributed by atoms with van der Waals surface area (Å²) in [5, 5.41) is 52.0. The molecule has 0 bridgehead atoms. The normalized spacial score (nSPS) is 42.5. The summed E-state index contributed by atoms with van der Waals surface area (Å²) in [6.07, 6.45) is -2.18. The van der Waals surface area contributed by atoms with Crippen molar-refractivity contribution in [2.45, 2.75) is 56.4 Å². The number of aliphatic hydroxyl groups is 5. The topological polar surface area (TPSA) is 179 Å². The number of Topliss-reactive ketones (excluding diaryl/α,β-unsaturated/α-hetero) is 4. The number of hydrogen-bond donors (Lipinski definition) is 5. The summed E-state index contributed by atoms with van der Waals surface area (Å²) >= 11 is 0. The van der Waals surface area contributed by atoms with Crippen molar-refractivity contribution >= 4 is 23.1 Å². The second kappa shape index (κ2) is 5.76. The lowest BCUT2D eigenvalue weighted by atomic mass is 9.57. The molecule has 0 saturated carbocycles. The van der Waals surface area contributed by atoms with Crippen LogP contribution in [0, 0.1) is 0 Å². The van der Waals surface area contributed by atoms with Crippen molar-refractivity contribution in [3.05, 3.63) is 0 Å². The Labute approximate surface area is 136 Å². The minimum Gasteiger partial charge on any atom is -0.394 e. The maximum absolute atomic E-state index is 12.1. The fourth-order valence-corrected chi connectivity index (χ4v) is 3.14. The molecule has 1 aliphatic heterocycles. The summed E-state index contributed by atoms with van der Waals surface area (Å²) in [7, 11) is 0. The van der Waals surface area contributed by atoms with Gasteiger partial charge in [0.2, 0.25) is 11.2 Å². The van der Waals surface area contributed by atoms with Crippen LogP contribution in [0.3, 0.4) is 0 Å². The molecule has 0 amide bonds. The number of aliphatic hydroxyl groups excluding tert-OH is 1. The maximum atomic E-state index is 12.1. The quantitative estimate of drug-likeness (QED) is 0.336. The SMILES string of the molecule is CC(=O)[C@@]1(O)[C@](O)(C(C)=O)[C@](O)(C(C)=O)[C@@H](CO)O[C@@]1(O)C(C)=O. The van der Waals surface area contributed by atoms with Gasteiger partial charge in [-0.25, -0.2) is 0 Å². The molecule has 0 radical (unpaired) electrons. The Kier molecular flexibility index (Phi) is 4.92. The first-order chi connectivity index (χ1) is 10.7. The van der Waals surface area contributed by atoms with E-state index in [1.807, 2.05) is 0 Å². The van der Waals surface area contributed by atoms with Crippen LogP contribution in [0.1, 0.15) is 27.7 Å². The minimum absolute atomic E-state index is 0.616. The van der Waals surface area contributed by atoms with E-state index in [-0.39, 0.29) is 0 Å². The standard InChI is InChI=1S/C14H20O10/c1-6(16)11(20)10(5-15)24-14(23,9(4)19)13(22,8(3)18)12(11,21)7(2)17/h10,15,20-23H,5H2,1-4H3/t10-,11+,12+,13-,14+/m1/s1. The van der Waals surface area contributed by atoms with E-state index < -0.39 is 58.4 Å². The molecule has 0 spiro atoms. The molecular formula is C14H20O10. The Morgan fingerprint density at radius 3 is 1.46 bits per heavy atom. The third-order valence-corrected chi connectivity index (χ3v) is 4.54. The van der Waals surface area contributed by atoms with Crippen molar-refractivity contribution in [3.8, 4) is 0 Å². The van der Waals surface area contributed by atoms with Gasteiger partial charge in [-0.15, -0.1) is 0 Å². The fraction of sp³-hybridized carbons (Fsp3) is 0.714. The van der Waals surface area contributed by atoms with Gasteiger partial charge in [0.1, 0.15) is 6.10 Å². The number of ether oxygens (including phenoxy) is 1. The fourth-order valence-electron chi connectivity index (χ4n) is 3.14. The predicted octanol–water partition coefficient (Wildman–Crippen LogP) is -3.38. The van der Waals surface area contributed by atoms with Crippen LogP contribution in [0.5, 0.6) is 0 Å². The average Bonchev–Trinajstić information content (AvgIpc) is 2.47. The van der Waals surface area contributed by atoms with E-state index in [1.54, 1.807) is 0 Å². The Hall–Kier alpha value is -1.56. The second-order valence-electron chi connectivity index (χ2n) is 5.85. The first-order valence-electron chi connectivity index (χ1n) is 6.91. The van der Waals surface area contributed by atoms with Crippen LogP contribution in [0.15, 0.2) is 0 Å². The van der Waals surface area contributed by atoms with E-state index in [2.05, 4.69) is 0 Å². The molecule has 1 aliphatic rings. The number of ketones is 4. The molecule has 0 aromatic rings. The van der Waals surface area contributed by atoms with Crippen LogP contribution in [0.2, 0.25) is 0 Å². The van der Waals surface area contributed by atoms with Gasteiger partial charge in [-0.2, -0.15) is 0 Å². The van der Waals surface area contributed by atoms with E-state index in [1.165, 1.54) is 0 Å². The second-order valence-corrected chi connectivity index (χ2v) is 5.85. The lowest BCUT2D eigenvalue weighted by Crippen LogP contribution is -2.90. The zero-order chi connectivity index (χ0) is 19.3. The summed E-state index contributed by atoms with van der Waals surface area (Å²) < 4.78 is 4.79. The van der Waals surface area contributed by atoms with Crippen LogP contribution in [0.4, 0.5) is 0 Å². The van der Waals surface area contributed by atoms with Crippen molar-refractivity contribution in [1.29, 1.82) is 0 Å². The Bertz CT molecular complexity index is 615. The van der Waals surface area contributed by atoms with Crippen molar-refractivity contribution < 1.29 is 49.4 Å². The van der Waals surface area contributed by atoms with Gasteiger partial charge in [-0.3, -0.25) is 19.2 Å². The molecule has 0 aliphatic carbocycles. The molecule has 1 fully saturated rings. The van der Waals surface area contributed by atoms with Gasteiger partial charge in [0, 0.05) is 6.92 Å². The highest BCUT2D eigenvalue weighted by Crippen LogP contribution is 2.50. The molecular weight excluding hydrogens is 328 g/mol. The van der Waals surface area contributed by atoms with Gasteiger partial charge in [0.15, 0.2) is 28.7 Å². The molecule has 0 unspecified atom stereocenters. The highest BCUT2D eigenvalue weighted by molar-refractivity contribution is 6.08. The van der Waals surface area contributed by atoms with E-state index >= 15 is 0 Å². The zero-order valence-corrected chi connectivity index (χ0v) is 13.6. The molecule has 10 nitrogen and oxygen atoms in total. The summed E-state index contributed by atoms with van der Waals surface area (Å²) in [5.41, 5.74) is -10.7. The Balaban J connectivity index is 4.05. The molecule has 5 N–H and O–H groups in total. The van der Waals surface area contributed by atoms with E-state index in [0.717, 1.165) is 0 Å². The molecule has 0 aromatic heterocycles. The van der Waals surface area contributed by atoms with Crippen LogP contribution in [0.25, 0.3) is 0 Å². The highest BCUT2D eigenvalue weighted by atomic mass is 16.7. The van der Waals surface area contributed by atoms with Crippen LogP contribution in [-0.4, -0.2) is 84.0 Å². The highest BCUT2D eigenvalue weighted by Gasteiger charge is 2.83. The van der Waals surface area contributed by atoms with Crippen LogP contribution in [-0.2, 0) is 23.9 Å². The monoisotopic (exact) mass is 348 g/mol. The lowest BCUT2D eigenvalue weighted by Gasteiger charge is -2.59. The minimum atomic E-state index is -3.70. The molecule has 1 rings (SSSR count). The summed E-state index contributed by atoms with van der Waals surface area (Å²) in [6, 6.07) is 0. The molecule has 5 atom stereocenters. The Morgan fingerprint density at radius 1 is 0.792 bits per heavy atom. The smallest absolute Gasteiger partial charge is 0.267 e. The van der Waals surface area contributed by atoms with Crippen LogP contribution >= 0.6 is 0 Å². The lowest BCUT2D eigenvalue weighted by molar-refractivity contribution is -0.390. The molecule has 0 aromatic carbocycles. The van der Waals surface area contributed by atoms with Gasteiger partial charge in [0.05, 0.1) is 6.61 Å². The number of rotatable bonds is 5. The predicted molar refractivity (Wildman–Crippen MR) is 74.5 cm³/mol. The van der Waals surface area contributed by atoms with Crippen molar-refractivity contribution in [1.82, 2.24) is 0 Å².